The molecule has 7 unspecified atom stereocenters. The van der Waals surface area contributed by atoms with Crippen molar-refractivity contribution in [1.29, 1.82) is 0 Å². The summed E-state index contributed by atoms with van der Waals surface area (Å²) >= 11 is 0. The van der Waals surface area contributed by atoms with Crippen LogP contribution >= 0.6 is 15.6 Å². The van der Waals surface area contributed by atoms with E-state index in [0.717, 1.165) is 27.2 Å². The van der Waals surface area contributed by atoms with Crippen LogP contribution in [0.4, 0.5) is 10.5 Å². The number of aromatic amines is 1. The van der Waals surface area contributed by atoms with Gasteiger partial charge in [0, 0.05) is 6.42 Å². The molecule has 9 atom stereocenters. The van der Waals surface area contributed by atoms with Crippen LogP contribution in [0.2, 0.25) is 0 Å². The molecule has 2 aromatic heterocycles. The minimum Gasteiger partial charge on any atom is -0.369 e. The average Bonchev–Trinajstić information content (AvgIpc) is 3.69. The summed E-state index contributed by atoms with van der Waals surface area (Å²) in [5.41, 5.74) is 5.42. The molecule has 3 saturated heterocycles. The quantitative estimate of drug-likeness (QED) is 0.230. The number of hydrogen-bond acceptors (Lipinski definition) is 13. The Bertz CT molecular complexity index is 1900. The number of anilines is 1. The molecule has 7 rings (SSSR count). The van der Waals surface area contributed by atoms with Gasteiger partial charge in [0.2, 0.25) is 5.95 Å². The number of nitrogens with two attached hydrogens (primary N) is 1. The number of ether oxygens (including phenoxy) is 2. The van der Waals surface area contributed by atoms with E-state index in [4.69, 9.17) is 33.3 Å². The van der Waals surface area contributed by atoms with Gasteiger partial charge in [0.15, 0.2) is 23.5 Å². The minimum absolute atomic E-state index is 0.0658. The Morgan fingerprint density at radius 1 is 1.00 bits per heavy atom. The van der Waals surface area contributed by atoms with E-state index < -0.39 is 77.3 Å². The zero-order valence-electron chi connectivity index (χ0n) is 22.9. The molecule has 0 saturated carbocycles. The third kappa shape index (κ3) is 5.84. The van der Waals surface area contributed by atoms with Gasteiger partial charge in [-0.1, -0.05) is 42.5 Å². The third-order valence-corrected chi connectivity index (χ3v) is 9.81. The molecule has 0 radical (unpaired) electrons. The summed E-state index contributed by atoms with van der Waals surface area (Å²) in [6.45, 7) is -1.42. The molecule has 5 N–H and O–H groups in total. The summed E-state index contributed by atoms with van der Waals surface area (Å²) in [4.78, 5) is 48.0. The molecule has 2 bridgehead atoms. The molecule has 17 nitrogen and oxygen atoms in total. The van der Waals surface area contributed by atoms with Crippen LogP contribution in [0.5, 0.6) is 0 Å². The molecule has 3 aliphatic rings. The molecule has 3 aliphatic heterocycles. The summed E-state index contributed by atoms with van der Waals surface area (Å²) in [7, 11) is -9.94. The highest BCUT2D eigenvalue weighted by Crippen LogP contribution is 2.54. The number of H-pyrrole nitrogens is 1. The lowest BCUT2D eigenvalue weighted by atomic mass is 9.98. The summed E-state index contributed by atoms with van der Waals surface area (Å²) in [6, 6.07) is 13.1. The van der Waals surface area contributed by atoms with Gasteiger partial charge in [-0.15, -0.1) is 0 Å². The van der Waals surface area contributed by atoms with Crippen molar-refractivity contribution in [3.05, 3.63) is 64.7 Å². The number of nitrogen functional groups attached to an aromatic ring is 1. The molecule has 240 valence electrons. The number of halogens is 1. The van der Waals surface area contributed by atoms with Gasteiger partial charge in [0.1, 0.15) is 24.4 Å². The Kier molecular flexibility index (Phi) is 7.87. The molecule has 5 heterocycles. The number of rotatable bonds is 3. The number of nitrogens with zero attached hydrogens (tertiary/aromatic N) is 3. The maximum absolute atomic E-state index is 14.0. The van der Waals surface area contributed by atoms with Crippen molar-refractivity contribution in [2.75, 3.05) is 18.9 Å². The van der Waals surface area contributed by atoms with E-state index >= 15 is 0 Å². The van der Waals surface area contributed by atoms with Crippen LogP contribution in [0.3, 0.4) is 0 Å². The highest BCUT2D eigenvalue weighted by atomic mass is 31.2. The van der Waals surface area contributed by atoms with E-state index in [-0.39, 0.29) is 23.5 Å². The molecule has 20 heteroatoms. The number of hydrogen-bond donors (Lipinski definition) is 4. The van der Waals surface area contributed by atoms with Crippen LogP contribution < -0.4 is 11.3 Å². The summed E-state index contributed by atoms with van der Waals surface area (Å²) in [6.07, 6.45) is -8.36. The predicted molar refractivity (Wildman–Crippen MR) is 150 cm³/mol. The van der Waals surface area contributed by atoms with Crippen molar-refractivity contribution >= 4 is 43.5 Å². The van der Waals surface area contributed by atoms with Crippen LogP contribution in [-0.2, 0) is 41.6 Å². The minimum atomic E-state index is -5.06. The number of imidazole rings is 1. The molecule has 4 aromatic rings. The summed E-state index contributed by atoms with van der Waals surface area (Å²) in [5, 5.41) is 1.81. The second-order valence-electron chi connectivity index (χ2n) is 10.6. The number of phosphoric ester groups is 2. The Morgan fingerprint density at radius 2 is 1.73 bits per heavy atom. The van der Waals surface area contributed by atoms with Crippen molar-refractivity contribution in [3.63, 3.8) is 0 Å². The Morgan fingerprint density at radius 3 is 2.53 bits per heavy atom. The van der Waals surface area contributed by atoms with Crippen LogP contribution in [0.25, 0.3) is 21.9 Å². The van der Waals surface area contributed by atoms with E-state index in [1.54, 1.807) is 0 Å². The lowest BCUT2D eigenvalue weighted by Gasteiger charge is -2.25. The first-order valence-corrected chi connectivity index (χ1v) is 16.6. The number of fused-ring (bicyclic) bond motifs is 5. The maximum atomic E-state index is 14.0. The summed E-state index contributed by atoms with van der Waals surface area (Å²) < 4.78 is 74.7. The molecule has 3 fully saturated rings. The van der Waals surface area contributed by atoms with Gasteiger partial charge in [-0.3, -0.25) is 32.4 Å². The molecule has 0 amide bonds. The van der Waals surface area contributed by atoms with Crippen molar-refractivity contribution in [1.82, 2.24) is 19.5 Å². The van der Waals surface area contributed by atoms with Crippen LogP contribution in [0.15, 0.2) is 53.6 Å². The highest BCUT2D eigenvalue weighted by Gasteiger charge is 2.53. The predicted octanol–water partition coefficient (Wildman–Crippen LogP) is 2.57. The second kappa shape index (κ2) is 11.6. The Balaban J connectivity index is 1.21. The van der Waals surface area contributed by atoms with Crippen LogP contribution in [0.1, 0.15) is 24.3 Å². The number of phosphoric acid groups is 2. The van der Waals surface area contributed by atoms with E-state index in [1.165, 1.54) is 0 Å². The first-order chi connectivity index (χ1) is 21.5. The first kappa shape index (κ1) is 30.5. The SMILES string of the molecule is Nc1nc2c(ncn2C2OC3COP(=O)(O)O[C@@H]4C[C@H](c5cccc6ccccc56)OC4COP(=O)(O)OC2C3OF)c(=O)[nH]1. The largest absolute Gasteiger partial charge is 0.472 e. The zero-order chi connectivity index (χ0) is 31.5. The van der Waals surface area contributed by atoms with Gasteiger partial charge < -0.3 is 25.0 Å². The van der Waals surface area contributed by atoms with Crippen LogP contribution in [0, 0.1) is 0 Å². The van der Waals surface area contributed by atoms with Gasteiger partial charge in [-0.2, -0.15) is 9.93 Å². The fourth-order valence-corrected chi connectivity index (χ4v) is 7.73. The molecular weight excluding hydrogens is 643 g/mol. The van der Waals surface area contributed by atoms with Crippen LogP contribution in [-0.4, -0.2) is 73.0 Å². The summed E-state index contributed by atoms with van der Waals surface area (Å²) in [5.74, 6) is -0.285. The van der Waals surface area contributed by atoms with E-state index in [9.17, 15) is 28.2 Å². The van der Waals surface area contributed by atoms with Gasteiger partial charge in [-0.05, 0) is 20.9 Å². The van der Waals surface area contributed by atoms with Gasteiger partial charge in [0.25, 0.3) is 5.56 Å². The standard InChI is InChI=1S/C25H26FN5O12P2/c26-41-20-18-10-38-44(33,34)42-16-8-15(14-7-3-5-12-4-1-2-6-13(12)14)39-17(16)9-37-45(35,36)43-21(20)24(40-18)31-11-28-19-22(31)29-25(27)30-23(19)32/h1-7,11,15-18,20-21,24H,8-10H2,(H,33,34)(H,35,36)(H3,27,29,30,32)/t15-,16-,17?,18?,20?,21?,24?/m1/s1. The monoisotopic (exact) mass is 669 g/mol. The molecule has 0 spiro atoms. The zero-order valence-corrected chi connectivity index (χ0v) is 24.7. The highest BCUT2D eigenvalue weighted by molar-refractivity contribution is 7.47. The normalized spacial score (nSPS) is 35.9. The lowest BCUT2D eigenvalue weighted by Crippen LogP contribution is -2.36. The first-order valence-electron chi connectivity index (χ1n) is 13.6. The molecule has 0 aliphatic carbocycles. The number of aromatic nitrogens is 4. The lowest BCUT2D eigenvalue weighted by molar-refractivity contribution is -0.212. The molecular formula is C25H26FN5O12P2. The van der Waals surface area contributed by atoms with Crippen molar-refractivity contribution in [2.45, 2.75) is 49.3 Å². The second-order valence-corrected chi connectivity index (χ2v) is 13.4. The van der Waals surface area contributed by atoms with Gasteiger partial charge in [0.05, 0.1) is 25.6 Å². The van der Waals surface area contributed by atoms with E-state index in [1.807, 2.05) is 42.5 Å². The molecule has 2 aromatic carbocycles. The van der Waals surface area contributed by atoms with Gasteiger partial charge >= 0.3 is 15.6 Å². The fraction of sp³-hybridized carbons (Fsp3) is 0.400. The Hall–Kier alpha value is -3.12. The average molecular weight is 669 g/mol. The van der Waals surface area contributed by atoms with Gasteiger partial charge in [-0.25, -0.2) is 14.1 Å². The van der Waals surface area contributed by atoms with Crippen molar-refractivity contribution < 1.29 is 56.0 Å². The van der Waals surface area contributed by atoms with Crippen molar-refractivity contribution in [2.24, 2.45) is 0 Å². The van der Waals surface area contributed by atoms with E-state index in [2.05, 4.69) is 19.9 Å². The smallest absolute Gasteiger partial charge is 0.369 e. The number of benzene rings is 2. The van der Waals surface area contributed by atoms with Crippen molar-refractivity contribution in [3.8, 4) is 0 Å². The Labute approximate surface area is 252 Å². The van der Waals surface area contributed by atoms with E-state index in [0.29, 0.717) is 0 Å². The third-order valence-electron chi connectivity index (χ3n) is 7.81. The number of nitrogens with one attached hydrogen (secondary N) is 1. The topological polar surface area (TPSA) is 229 Å². The molecule has 45 heavy (non-hydrogen) atoms. The fourth-order valence-electron chi connectivity index (χ4n) is 5.84. The maximum Gasteiger partial charge on any atom is 0.472 e.